The molecule has 0 atom stereocenters. The van der Waals surface area contributed by atoms with Gasteiger partial charge in [-0.15, -0.1) is 0 Å². The van der Waals surface area contributed by atoms with Crippen molar-refractivity contribution in [2.24, 2.45) is 0 Å². The Bertz CT molecular complexity index is 1150. The van der Waals surface area contributed by atoms with Gasteiger partial charge in [0.25, 0.3) is 5.91 Å². The smallest absolute Gasteiger partial charge is 0.449 e. The van der Waals surface area contributed by atoms with Gasteiger partial charge in [-0.2, -0.15) is 13.2 Å². The number of furan rings is 1. The van der Waals surface area contributed by atoms with Crippen molar-refractivity contribution < 1.29 is 27.2 Å². The van der Waals surface area contributed by atoms with Crippen LogP contribution in [-0.4, -0.2) is 23.8 Å². The molecule has 1 aromatic carbocycles. The first-order valence-corrected chi connectivity index (χ1v) is 9.50. The van der Waals surface area contributed by atoms with E-state index >= 15 is 0 Å². The molecule has 1 aliphatic heterocycles. The maximum atomic E-state index is 12.6. The lowest BCUT2D eigenvalue weighted by Gasteiger charge is -2.26. The summed E-state index contributed by atoms with van der Waals surface area (Å²) in [5.74, 6) is -1.81. The number of rotatable bonds is 4. The molecule has 0 unspecified atom stereocenters. The van der Waals surface area contributed by atoms with E-state index in [9.17, 15) is 22.8 Å². The Balaban J connectivity index is 1.47. The van der Waals surface area contributed by atoms with E-state index < -0.39 is 17.8 Å². The number of nitrogens with zero attached hydrogens (tertiary/aromatic N) is 2. The Morgan fingerprint density at radius 2 is 1.97 bits per heavy atom. The van der Waals surface area contributed by atoms with Crippen molar-refractivity contribution in [2.75, 3.05) is 11.9 Å². The molecule has 0 saturated carbocycles. The van der Waals surface area contributed by atoms with Crippen LogP contribution in [0, 0.1) is 0 Å². The zero-order valence-electron chi connectivity index (χ0n) is 16.5. The highest BCUT2D eigenvalue weighted by Crippen LogP contribution is 2.32. The Morgan fingerprint density at radius 3 is 2.71 bits per heavy atom. The highest BCUT2D eigenvalue weighted by Gasteiger charge is 2.35. The maximum Gasteiger partial charge on any atom is 0.449 e. The molecule has 0 fully saturated rings. The lowest BCUT2D eigenvalue weighted by molar-refractivity contribution is -0.153. The average Bonchev–Trinajstić information content (AvgIpc) is 3.26. The molecule has 6 nitrogen and oxygen atoms in total. The van der Waals surface area contributed by atoms with Gasteiger partial charge in [0.1, 0.15) is 6.26 Å². The fraction of sp³-hybridized carbons (Fsp3) is 0.227. The number of anilines is 1. The van der Waals surface area contributed by atoms with Crippen LogP contribution in [0.15, 0.2) is 53.4 Å². The number of benzene rings is 1. The summed E-state index contributed by atoms with van der Waals surface area (Å²) in [6.07, 6.45) is 0.526. The number of pyridine rings is 1. The number of halogens is 3. The minimum Gasteiger partial charge on any atom is -0.459 e. The number of alkyl halides is 3. The first-order chi connectivity index (χ1) is 14.7. The van der Waals surface area contributed by atoms with Crippen molar-refractivity contribution in [1.29, 1.82) is 0 Å². The van der Waals surface area contributed by atoms with E-state index in [1.165, 1.54) is 0 Å². The maximum absolute atomic E-state index is 12.6. The second-order valence-electron chi connectivity index (χ2n) is 7.26. The number of amides is 2. The molecule has 0 aliphatic carbocycles. The molecular formula is C22H18F3N3O3. The third-order valence-electron chi connectivity index (χ3n) is 5.15. The summed E-state index contributed by atoms with van der Waals surface area (Å²) >= 11 is 0. The van der Waals surface area contributed by atoms with E-state index in [4.69, 9.17) is 0 Å². The predicted octanol–water partition coefficient (Wildman–Crippen LogP) is 4.20. The van der Waals surface area contributed by atoms with Crippen LogP contribution in [0.4, 0.5) is 18.9 Å². The van der Waals surface area contributed by atoms with Gasteiger partial charge in [0, 0.05) is 49.7 Å². The zero-order chi connectivity index (χ0) is 22.2. The van der Waals surface area contributed by atoms with Gasteiger partial charge < -0.3 is 14.6 Å². The van der Waals surface area contributed by atoms with Crippen LogP contribution in [0.5, 0.6) is 0 Å². The summed E-state index contributed by atoms with van der Waals surface area (Å²) in [6.45, 7) is 0.0917. The fourth-order valence-electron chi connectivity index (χ4n) is 3.47. The van der Waals surface area contributed by atoms with Gasteiger partial charge in [0.2, 0.25) is 11.7 Å². The SMILES string of the molecule is CN1C(=O)CCc2cc(-c3cncc(CNC(=O)c4coc(C(F)(F)F)c4)c3)ccc21. The molecule has 31 heavy (non-hydrogen) atoms. The van der Waals surface area contributed by atoms with E-state index in [0.717, 1.165) is 28.6 Å². The van der Waals surface area contributed by atoms with Crippen molar-refractivity contribution in [3.8, 4) is 11.1 Å². The number of hydrogen-bond donors (Lipinski definition) is 1. The molecule has 0 saturated heterocycles. The fourth-order valence-corrected chi connectivity index (χ4v) is 3.47. The molecule has 160 valence electrons. The zero-order valence-corrected chi connectivity index (χ0v) is 16.5. The van der Waals surface area contributed by atoms with E-state index in [2.05, 4.69) is 14.7 Å². The quantitative estimate of drug-likeness (QED) is 0.675. The normalized spacial score (nSPS) is 13.8. The van der Waals surface area contributed by atoms with Gasteiger partial charge in [-0.3, -0.25) is 14.6 Å². The molecule has 3 heterocycles. The topological polar surface area (TPSA) is 75.4 Å². The van der Waals surface area contributed by atoms with Crippen molar-refractivity contribution >= 4 is 17.5 Å². The second-order valence-corrected chi connectivity index (χ2v) is 7.26. The molecule has 2 amide bonds. The molecule has 9 heteroatoms. The number of aromatic nitrogens is 1. The number of nitrogens with one attached hydrogen (secondary N) is 1. The number of aryl methyl sites for hydroxylation is 1. The minimum atomic E-state index is -4.65. The standard InChI is InChI=1S/C22H18F3N3O3/c1-28-18-4-2-14(7-15(18)3-5-20(28)29)16-6-13(9-26-11-16)10-27-21(30)17-8-19(31-12-17)22(23,24)25/h2,4,6-9,11-12H,3,5,10H2,1H3,(H,27,30). The second kappa shape index (κ2) is 7.90. The summed E-state index contributed by atoms with van der Waals surface area (Å²) in [5, 5.41) is 2.57. The van der Waals surface area contributed by atoms with Crippen LogP contribution < -0.4 is 10.2 Å². The van der Waals surface area contributed by atoms with E-state index in [1.807, 2.05) is 24.3 Å². The Hall–Kier alpha value is -3.62. The van der Waals surface area contributed by atoms with Gasteiger partial charge >= 0.3 is 6.18 Å². The van der Waals surface area contributed by atoms with Gasteiger partial charge in [-0.05, 0) is 41.3 Å². The Morgan fingerprint density at radius 1 is 1.16 bits per heavy atom. The molecule has 0 bridgehead atoms. The molecule has 0 radical (unpaired) electrons. The van der Waals surface area contributed by atoms with Crippen LogP contribution in [0.25, 0.3) is 11.1 Å². The highest BCUT2D eigenvalue weighted by molar-refractivity contribution is 5.96. The number of hydrogen-bond acceptors (Lipinski definition) is 4. The third kappa shape index (κ3) is 4.30. The molecule has 4 rings (SSSR count). The number of carbonyl (C=O) groups excluding carboxylic acids is 2. The molecule has 3 aromatic rings. The van der Waals surface area contributed by atoms with Crippen LogP contribution in [-0.2, 0) is 23.9 Å². The van der Waals surface area contributed by atoms with Crippen molar-refractivity contribution in [2.45, 2.75) is 25.6 Å². The van der Waals surface area contributed by atoms with Gasteiger partial charge in [-0.1, -0.05) is 6.07 Å². The molecule has 2 aromatic heterocycles. The van der Waals surface area contributed by atoms with Crippen LogP contribution in [0.1, 0.15) is 33.7 Å². The first kappa shape index (κ1) is 20.6. The highest BCUT2D eigenvalue weighted by atomic mass is 19.4. The van der Waals surface area contributed by atoms with Crippen LogP contribution in [0.3, 0.4) is 0 Å². The lowest BCUT2D eigenvalue weighted by Crippen LogP contribution is -2.30. The monoisotopic (exact) mass is 429 g/mol. The molecule has 0 spiro atoms. The number of fused-ring (bicyclic) bond motifs is 1. The predicted molar refractivity (Wildman–Crippen MR) is 106 cm³/mol. The Kier molecular flexibility index (Phi) is 5.26. The van der Waals surface area contributed by atoms with Crippen molar-refractivity contribution in [3.63, 3.8) is 0 Å². The van der Waals surface area contributed by atoms with Gasteiger partial charge in [0.05, 0.1) is 5.56 Å². The molecule has 1 N–H and O–H groups in total. The summed E-state index contributed by atoms with van der Waals surface area (Å²) < 4.78 is 42.3. The summed E-state index contributed by atoms with van der Waals surface area (Å²) in [4.78, 5) is 29.8. The third-order valence-corrected chi connectivity index (χ3v) is 5.15. The van der Waals surface area contributed by atoms with Crippen LogP contribution >= 0.6 is 0 Å². The summed E-state index contributed by atoms with van der Waals surface area (Å²) in [5.41, 5.74) is 4.19. The van der Waals surface area contributed by atoms with Crippen molar-refractivity contribution in [3.05, 3.63) is 71.4 Å². The molecule has 1 aliphatic rings. The largest absolute Gasteiger partial charge is 0.459 e. The Labute approximate surface area is 175 Å². The van der Waals surface area contributed by atoms with E-state index in [-0.39, 0.29) is 18.0 Å². The summed E-state index contributed by atoms with van der Waals surface area (Å²) in [7, 11) is 1.75. The van der Waals surface area contributed by atoms with Crippen molar-refractivity contribution in [1.82, 2.24) is 10.3 Å². The van der Waals surface area contributed by atoms with E-state index in [1.54, 1.807) is 24.3 Å². The minimum absolute atomic E-state index is 0.0830. The number of carbonyl (C=O) groups is 2. The van der Waals surface area contributed by atoms with Gasteiger partial charge in [-0.25, -0.2) is 0 Å². The van der Waals surface area contributed by atoms with E-state index in [0.29, 0.717) is 24.5 Å². The van der Waals surface area contributed by atoms with Crippen LogP contribution in [0.2, 0.25) is 0 Å². The van der Waals surface area contributed by atoms with Gasteiger partial charge in [0.15, 0.2) is 0 Å². The lowest BCUT2D eigenvalue weighted by atomic mass is 9.96. The molecular weight excluding hydrogens is 411 g/mol. The average molecular weight is 429 g/mol. The summed E-state index contributed by atoms with van der Waals surface area (Å²) in [6, 6.07) is 8.33. The first-order valence-electron chi connectivity index (χ1n) is 9.50.